The minimum absolute atomic E-state index is 0. The molecule has 1 radical (unpaired) electrons. The zero-order valence-electron chi connectivity index (χ0n) is 21.5. The van der Waals surface area contributed by atoms with Crippen molar-refractivity contribution in [3.05, 3.63) is 155 Å². The van der Waals surface area contributed by atoms with Crippen molar-refractivity contribution in [2.75, 3.05) is 14.1 Å². The summed E-state index contributed by atoms with van der Waals surface area (Å²) in [6.45, 7) is 0.997. The van der Waals surface area contributed by atoms with Crippen LogP contribution < -0.4 is 0 Å². The molecule has 0 amide bonds. The van der Waals surface area contributed by atoms with Crippen LogP contribution >= 0.6 is 0 Å². The molecule has 5 aromatic rings. The SMILES string of the molecule is CN(C)Cc1c[c-]ccc1.[Zr+3].[c-]1cccc2c1Cc1ccccc1-2.[c-]1cccc2c1Cc1ccccc1-2. The zero-order chi connectivity index (χ0) is 24.7. The summed E-state index contributed by atoms with van der Waals surface area (Å²) in [7, 11) is 4.12. The molecule has 0 heterocycles. The van der Waals surface area contributed by atoms with Crippen molar-refractivity contribution < 1.29 is 26.2 Å². The van der Waals surface area contributed by atoms with Crippen LogP contribution in [0.2, 0.25) is 0 Å². The predicted octanol–water partition coefficient (Wildman–Crippen LogP) is 7.66. The molecule has 7 rings (SSSR count). The molecule has 0 saturated carbocycles. The fraction of sp³-hybridized carbons (Fsp3) is 0.143. The quantitative estimate of drug-likeness (QED) is 0.198. The molecule has 0 aromatic heterocycles. The molecular formula is C35H30NZr. The predicted molar refractivity (Wildman–Crippen MR) is 150 cm³/mol. The number of benzene rings is 5. The van der Waals surface area contributed by atoms with E-state index in [1.807, 2.05) is 30.3 Å². The maximum atomic E-state index is 3.30. The minimum atomic E-state index is 0. The summed E-state index contributed by atoms with van der Waals surface area (Å²) in [6, 6.07) is 47.3. The van der Waals surface area contributed by atoms with Gasteiger partial charge in [-0.15, -0.1) is 16.7 Å². The maximum Gasteiger partial charge on any atom is 3.00 e. The number of hydrogen-bond acceptors (Lipinski definition) is 1. The summed E-state index contributed by atoms with van der Waals surface area (Å²) in [4.78, 5) is 2.14. The van der Waals surface area contributed by atoms with Crippen molar-refractivity contribution in [1.82, 2.24) is 4.90 Å². The molecule has 0 fully saturated rings. The van der Waals surface area contributed by atoms with E-state index < -0.39 is 0 Å². The average molecular weight is 556 g/mol. The van der Waals surface area contributed by atoms with Crippen LogP contribution in [-0.2, 0) is 45.6 Å². The Kier molecular flexibility index (Phi) is 9.45. The van der Waals surface area contributed by atoms with Crippen molar-refractivity contribution in [2.45, 2.75) is 19.4 Å². The Balaban J connectivity index is 0.000000130. The number of rotatable bonds is 2. The summed E-state index contributed by atoms with van der Waals surface area (Å²) in [5.74, 6) is 0. The van der Waals surface area contributed by atoms with E-state index in [1.54, 1.807) is 0 Å². The zero-order valence-corrected chi connectivity index (χ0v) is 23.9. The number of fused-ring (bicyclic) bond motifs is 6. The van der Waals surface area contributed by atoms with Gasteiger partial charge in [0, 0.05) is 0 Å². The van der Waals surface area contributed by atoms with Gasteiger partial charge >= 0.3 is 26.2 Å². The van der Waals surface area contributed by atoms with Crippen LogP contribution in [-0.4, -0.2) is 19.0 Å². The van der Waals surface area contributed by atoms with Crippen molar-refractivity contribution >= 4 is 0 Å². The fourth-order valence-electron chi connectivity index (χ4n) is 4.89. The van der Waals surface area contributed by atoms with Gasteiger partial charge in [0.15, 0.2) is 0 Å². The Morgan fingerprint density at radius 2 is 1.08 bits per heavy atom. The summed E-state index contributed by atoms with van der Waals surface area (Å²) in [6.07, 6.45) is 2.10. The Bertz CT molecular complexity index is 1260. The molecule has 0 unspecified atom stereocenters. The van der Waals surface area contributed by atoms with Crippen LogP contribution in [0.4, 0.5) is 0 Å². The van der Waals surface area contributed by atoms with E-state index >= 15 is 0 Å². The van der Waals surface area contributed by atoms with Crippen LogP contribution in [0.15, 0.2) is 109 Å². The molecule has 0 N–H and O–H groups in total. The summed E-state index contributed by atoms with van der Waals surface area (Å²) in [5, 5.41) is 0. The Hall–Kier alpha value is -3.06. The largest absolute Gasteiger partial charge is 3.00 e. The van der Waals surface area contributed by atoms with Gasteiger partial charge in [-0.3, -0.25) is 0 Å². The van der Waals surface area contributed by atoms with E-state index in [0.717, 1.165) is 19.4 Å². The average Bonchev–Trinajstić information content (AvgIpc) is 3.48. The molecule has 0 saturated heterocycles. The minimum Gasteiger partial charge on any atom is -0.316 e. The monoisotopic (exact) mass is 554 g/mol. The smallest absolute Gasteiger partial charge is 0.316 e. The summed E-state index contributed by atoms with van der Waals surface area (Å²) >= 11 is 0. The molecule has 2 aliphatic rings. The van der Waals surface area contributed by atoms with Crippen LogP contribution in [0.5, 0.6) is 0 Å². The van der Waals surface area contributed by atoms with Gasteiger partial charge in [0.1, 0.15) is 0 Å². The van der Waals surface area contributed by atoms with E-state index in [0.29, 0.717) is 0 Å². The first-order valence-corrected chi connectivity index (χ1v) is 12.4. The molecule has 179 valence electrons. The van der Waals surface area contributed by atoms with Crippen molar-refractivity contribution in [3.63, 3.8) is 0 Å². The topological polar surface area (TPSA) is 3.24 Å². The molecule has 0 atom stereocenters. The van der Waals surface area contributed by atoms with E-state index in [2.05, 4.69) is 116 Å². The second kappa shape index (κ2) is 13.0. The summed E-state index contributed by atoms with van der Waals surface area (Å²) < 4.78 is 0. The third-order valence-corrected chi connectivity index (χ3v) is 6.50. The summed E-state index contributed by atoms with van der Waals surface area (Å²) in [5.41, 5.74) is 12.3. The first-order chi connectivity index (χ1) is 17.7. The van der Waals surface area contributed by atoms with Crippen molar-refractivity contribution in [2.24, 2.45) is 0 Å². The van der Waals surface area contributed by atoms with E-state index in [1.165, 1.54) is 50.1 Å². The molecule has 37 heavy (non-hydrogen) atoms. The van der Waals surface area contributed by atoms with Crippen LogP contribution in [0.25, 0.3) is 22.3 Å². The van der Waals surface area contributed by atoms with Gasteiger partial charge in [0.25, 0.3) is 0 Å². The fourth-order valence-corrected chi connectivity index (χ4v) is 4.89. The van der Waals surface area contributed by atoms with Crippen molar-refractivity contribution in [3.8, 4) is 22.3 Å². The van der Waals surface area contributed by atoms with Gasteiger partial charge in [-0.05, 0) is 33.5 Å². The molecule has 1 nitrogen and oxygen atoms in total. The Morgan fingerprint density at radius 1 is 0.595 bits per heavy atom. The van der Waals surface area contributed by atoms with Gasteiger partial charge in [-0.25, -0.2) is 0 Å². The van der Waals surface area contributed by atoms with Gasteiger partial charge < -0.3 is 4.90 Å². The number of nitrogens with zero attached hydrogens (tertiary/aromatic N) is 1. The van der Waals surface area contributed by atoms with Gasteiger partial charge in [0.2, 0.25) is 0 Å². The molecule has 0 aliphatic heterocycles. The standard InChI is InChI=1S/2C13H9.C9H12N.Zr/c2*1-3-7-12-10(5-1)9-11-6-2-4-8-13(11)12;1-10(2)8-9-6-4-3-5-7-9;/h2*1-5,7-8H,9H2;3-4,6-7H,8H2,1-2H3;/q3*-1;+3. The van der Waals surface area contributed by atoms with Gasteiger partial charge in [-0.2, -0.15) is 90.0 Å². The number of hydrogen-bond donors (Lipinski definition) is 0. The molecule has 2 heteroatoms. The van der Waals surface area contributed by atoms with Crippen LogP contribution in [0.3, 0.4) is 0 Å². The second-order valence-electron chi connectivity index (χ2n) is 9.44. The third kappa shape index (κ3) is 6.64. The van der Waals surface area contributed by atoms with Gasteiger partial charge in [-0.1, -0.05) is 70.8 Å². The molecule has 2 aliphatic carbocycles. The van der Waals surface area contributed by atoms with E-state index in [-0.39, 0.29) is 26.2 Å². The molecule has 5 aromatic carbocycles. The van der Waals surface area contributed by atoms with Crippen molar-refractivity contribution in [1.29, 1.82) is 0 Å². The Labute approximate surface area is 240 Å². The Morgan fingerprint density at radius 3 is 1.57 bits per heavy atom. The maximum absolute atomic E-state index is 3.30. The van der Waals surface area contributed by atoms with Crippen LogP contribution in [0.1, 0.15) is 27.8 Å². The molecule has 0 bridgehead atoms. The van der Waals surface area contributed by atoms with Crippen LogP contribution in [0, 0.1) is 18.2 Å². The molecular weight excluding hydrogens is 526 g/mol. The normalized spacial score (nSPS) is 11.4. The first-order valence-electron chi connectivity index (χ1n) is 12.4. The second-order valence-corrected chi connectivity index (χ2v) is 9.44. The van der Waals surface area contributed by atoms with E-state index in [9.17, 15) is 0 Å². The third-order valence-electron chi connectivity index (χ3n) is 6.50. The first kappa shape index (κ1) is 27.0. The molecule has 0 spiro atoms. The van der Waals surface area contributed by atoms with E-state index in [4.69, 9.17) is 0 Å². The van der Waals surface area contributed by atoms with Gasteiger partial charge in [0.05, 0.1) is 0 Å².